The summed E-state index contributed by atoms with van der Waals surface area (Å²) < 4.78 is 17.9. The second kappa shape index (κ2) is 7.90. The van der Waals surface area contributed by atoms with E-state index >= 15 is 0 Å². The maximum absolute atomic E-state index is 12.4. The number of likely N-dealkylation sites (tertiary alicyclic amines) is 1. The van der Waals surface area contributed by atoms with E-state index in [2.05, 4.69) is 4.98 Å². The molecule has 0 aliphatic carbocycles. The lowest BCUT2D eigenvalue weighted by Crippen LogP contribution is -2.48. The largest absolute Gasteiger partial charge is 0.444 e. The molecule has 1 amide bonds. The van der Waals surface area contributed by atoms with Gasteiger partial charge in [-0.3, -0.25) is 9.19 Å². The lowest BCUT2D eigenvalue weighted by atomic mass is 10.0. The van der Waals surface area contributed by atoms with Crippen LogP contribution in [0.2, 0.25) is 0 Å². The van der Waals surface area contributed by atoms with Gasteiger partial charge in [0.2, 0.25) is 0 Å². The van der Waals surface area contributed by atoms with Crippen LogP contribution in [0.5, 0.6) is 0 Å². The van der Waals surface area contributed by atoms with E-state index in [1.54, 1.807) is 17.3 Å². The molecule has 0 radical (unpaired) electrons. The first-order chi connectivity index (χ1) is 10.8. The molecule has 6 heteroatoms. The lowest BCUT2D eigenvalue weighted by molar-refractivity contribution is 0.0125. The average Bonchev–Trinajstić information content (AvgIpc) is 2.47. The predicted octanol–water partition coefficient (Wildman–Crippen LogP) is 3.12. The molecule has 0 unspecified atom stereocenters. The Morgan fingerprint density at radius 1 is 1.35 bits per heavy atom. The number of aromatic nitrogens is 1. The van der Waals surface area contributed by atoms with E-state index in [9.17, 15) is 9.00 Å². The zero-order valence-corrected chi connectivity index (χ0v) is 15.0. The molecule has 1 aromatic rings. The Kier molecular flexibility index (Phi) is 6.16. The van der Waals surface area contributed by atoms with Crippen LogP contribution in [0.15, 0.2) is 24.5 Å². The van der Waals surface area contributed by atoms with Gasteiger partial charge in [-0.05, 0) is 57.7 Å². The Bertz CT molecular complexity index is 543. The second-order valence-corrected chi connectivity index (χ2v) is 8.43. The van der Waals surface area contributed by atoms with Crippen LogP contribution in [0.1, 0.15) is 45.6 Å². The summed E-state index contributed by atoms with van der Waals surface area (Å²) in [6.45, 7) is 6.29. The number of nitrogens with zero attached hydrogens (tertiary/aromatic N) is 2. The average molecular weight is 338 g/mol. The van der Waals surface area contributed by atoms with Gasteiger partial charge in [0, 0.05) is 47.3 Å². The van der Waals surface area contributed by atoms with Crippen molar-refractivity contribution < 1.29 is 13.7 Å². The van der Waals surface area contributed by atoms with Crippen LogP contribution in [0.25, 0.3) is 0 Å². The van der Waals surface area contributed by atoms with E-state index in [0.29, 0.717) is 18.1 Å². The van der Waals surface area contributed by atoms with Crippen LogP contribution in [0.4, 0.5) is 4.79 Å². The minimum absolute atomic E-state index is 0.00118. The number of carbonyl (C=O) groups is 1. The molecule has 1 aliphatic rings. The van der Waals surface area contributed by atoms with Gasteiger partial charge in [0.15, 0.2) is 0 Å². The van der Waals surface area contributed by atoms with Crippen LogP contribution in [0, 0.1) is 0 Å². The summed E-state index contributed by atoms with van der Waals surface area (Å²) >= 11 is 0. The van der Waals surface area contributed by atoms with Crippen LogP contribution in [-0.2, 0) is 21.3 Å². The number of ether oxygens (including phenoxy) is 1. The molecular weight excluding hydrogens is 312 g/mol. The first-order valence-corrected chi connectivity index (χ1v) is 9.57. The summed E-state index contributed by atoms with van der Waals surface area (Å²) in [5.74, 6) is 1.00. The molecule has 1 saturated heterocycles. The van der Waals surface area contributed by atoms with E-state index in [1.807, 2.05) is 32.9 Å². The quantitative estimate of drug-likeness (QED) is 0.846. The standard InChI is InChI=1S/C17H26N2O3S/c1-17(2,3)22-16(20)19-11-5-4-6-15(19)13-23(21)12-14-7-9-18-10-8-14/h7-10,15H,4-6,11-13H2,1-3H3/t15-,23-/m0/s1. The molecule has 0 N–H and O–H groups in total. The van der Waals surface area contributed by atoms with Crippen molar-refractivity contribution in [2.45, 2.75) is 57.4 Å². The van der Waals surface area contributed by atoms with Gasteiger partial charge in [0.05, 0.1) is 0 Å². The van der Waals surface area contributed by atoms with Crippen LogP contribution in [0.3, 0.4) is 0 Å². The molecule has 23 heavy (non-hydrogen) atoms. The summed E-state index contributed by atoms with van der Waals surface area (Å²) in [6.07, 6.45) is 6.06. The third-order valence-corrected chi connectivity index (χ3v) is 5.12. The molecule has 2 rings (SSSR count). The molecule has 1 fully saturated rings. The number of piperidine rings is 1. The number of hydrogen-bond acceptors (Lipinski definition) is 4. The molecule has 128 valence electrons. The molecule has 5 nitrogen and oxygen atoms in total. The van der Waals surface area contributed by atoms with E-state index < -0.39 is 16.4 Å². The zero-order valence-electron chi connectivity index (χ0n) is 14.2. The van der Waals surface area contributed by atoms with Gasteiger partial charge in [0.25, 0.3) is 0 Å². The number of carbonyl (C=O) groups excluding carboxylic acids is 1. The van der Waals surface area contributed by atoms with Crippen LogP contribution < -0.4 is 0 Å². The molecule has 0 saturated carbocycles. The first kappa shape index (κ1) is 17.9. The number of amides is 1. The van der Waals surface area contributed by atoms with E-state index in [4.69, 9.17) is 4.74 Å². The second-order valence-electron chi connectivity index (χ2n) is 6.93. The normalized spacial score (nSPS) is 20.1. The van der Waals surface area contributed by atoms with Gasteiger partial charge < -0.3 is 9.64 Å². The van der Waals surface area contributed by atoms with Gasteiger partial charge in [0.1, 0.15) is 5.60 Å². The van der Waals surface area contributed by atoms with Crippen LogP contribution >= 0.6 is 0 Å². The van der Waals surface area contributed by atoms with Crippen molar-refractivity contribution in [3.63, 3.8) is 0 Å². The predicted molar refractivity (Wildman–Crippen MR) is 91.5 cm³/mol. The van der Waals surface area contributed by atoms with Crippen molar-refractivity contribution in [1.29, 1.82) is 0 Å². The summed E-state index contributed by atoms with van der Waals surface area (Å²) in [5, 5.41) is 0. The SMILES string of the molecule is CC(C)(C)OC(=O)N1CCCC[C@H]1C[S@@](=O)Cc1ccncc1. The minimum Gasteiger partial charge on any atom is -0.444 e. The highest BCUT2D eigenvalue weighted by Crippen LogP contribution is 2.21. The first-order valence-electron chi connectivity index (χ1n) is 8.08. The monoisotopic (exact) mass is 338 g/mol. The highest BCUT2D eigenvalue weighted by Gasteiger charge is 2.31. The fourth-order valence-corrected chi connectivity index (χ4v) is 4.13. The third-order valence-electron chi connectivity index (χ3n) is 3.71. The Labute approximate surface area is 140 Å². The zero-order chi connectivity index (χ0) is 16.9. The molecule has 0 spiro atoms. The van der Waals surface area contributed by atoms with Crippen molar-refractivity contribution in [2.75, 3.05) is 12.3 Å². The Hall–Kier alpha value is -1.43. The summed E-state index contributed by atoms with van der Waals surface area (Å²) in [5.41, 5.74) is 0.507. The molecule has 0 aromatic carbocycles. The maximum Gasteiger partial charge on any atom is 0.410 e. The van der Waals surface area contributed by atoms with E-state index in [-0.39, 0.29) is 12.1 Å². The van der Waals surface area contributed by atoms with Crippen molar-refractivity contribution in [1.82, 2.24) is 9.88 Å². The molecular formula is C17H26N2O3S. The van der Waals surface area contributed by atoms with Crippen molar-refractivity contribution >= 4 is 16.9 Å². The smallest absolute Gasteiger partial charge is 0.410 e. The van der Waals surface area contributed by atoms with Gasteiger partial charge in [-0.2, -0.15) is 0 Å². The number of hydrogen-bond donors (Lipinski definition) is 0. The number of pyridine rings is 1. The fourth-order valence-electron chi connectivity index (χ4n) is 2.67. The summed E-state index contributed by atoms with van der Waals surface area (Å²) in [6, 6.07) is 3.76. The van der Waals surface area contributed by atoms with E-state index in [0.717, 1.165) is 24.8 Å². The number of rotatable bonds is 4. The van der Waals surface area contributed by atoms with Crippen molar-refractivity contribution in [2.24, 2.45) is 0 Å². The summed E-state index contributed by atoms with van der Waals surface area (Å²) in [7, 11) is -1.01. The van der Waals surface area contributed by atoms with Gasteiger partial charge in [-0.1, -0.05) is 0 Å². The molecule has 1 aliphatic heterocycles. The Morgan fingerprint density at radius 3 is 2.70 bits per heavy atom. The van der Waals surface area contributed by atoms with Gasteiger partial charge in [-0.25, -0.2) is 4.79 Å². The van der Waals surface area contributed by atoms with Gasteiger partial charge in [-0.15, -0.1) is 0 Å². The van der Waals surface area contributed by atoms with Crippen molar-refractivity contribution in [3.8, 4) is 0 Å². The van der Waals surface area contributed by atoms with E-state index in [1.165, 1.54) is 0 Å². The molecule has 2 heterocycles. The molecule has 0 bridgehead atoms. The Balaban J connectivity index is 1.95. The highest BCUT2D eigenvalue weighted by molar-refractivity contribution is 7.84. The lowest BCUT2D eigenvalue weighted by Gasteiger charge is -2.36. The Morgan fingerprint density at radius 2 is 2.04 bits per heavy atom. The van der Waals surface area contributed by atoms with Gasteiger partial charge >= 0.3 is 6.09 Å². The minimum atomic E-state index is -1.01. The topological polar surface area (TPSA) is 59.5 Å². The molecule has 1 aromatic heterocycles. The highest BCUT2D eigenvalue weighted by atomic mass is 32.2. The third kappa shape index (κ3) is 5.94. The fraction of sp³-hybridized carbons (Fsp3) is 0.647. The maximum atomic E-state index is 12.4. The summed E-state index contributed by atoms with van der Waals surface area (Å²) in [4.78, 5) is 18.1. The molecule has 2 atom stereocenters. The van der Waals surface area contributed by atoms with Crippen LogP contribution in [-0.4, -0.2) is 44.1 Å². The van der Waals surface area contributed by atoms with Crippen molar-refractivity contribution in [3.05, 3.63) is 30.1 Å².